The van der Waals surface area contributed by atoms with E-state index in [1.54, 1.807) is 12.1 Å². The molecule has 3 aromatic rings. The lowest BCUT2D eigenvalue weighted by atomic mass is 10.2. The molecule has 1 N–H and O–H groups in total. The minimum Gasteiger partial charge on any atom is -0.459 e. The van der Waals surface area contributed by atoms with Crippen molar-refractivity contribution < 1.29 is 8.81 Å². The standard InChI is InChI=1S/C16H12Br2FNO/c1-9(20-14-4-2-12(18)8-13(14)19)16-7-10-6-11(17)3-5-15(10)21-16/h2-9,20H,1H3. The lowest BCUT2D eigenvalue weighted by Crippen LogP contribution is -2.06. The zero-order chi connectivity index (χ0) is 15.0. The zero-order valence-corrected chi connectivity index (χ0v) is 14.3. The average molecular weight is 413 g/mol. The molecule has 0 bridgehead atoms. The van der Waals surface area contributed by atoms with Gasteiger partial charge in [0.05, 0.1) is 11.7 Å². The molecule has 0 spiro atoms. The highest BCUT2D eigenvalue weighted by atomic mass is 79.9. The van der Waals surface area contributed by atoms with Gasteiger partial charge in [-0.1, -0.05) is 31.9 Å². The van der Waals surface area contributed by atoms with Gasteiger partial charge in [-0.15, -0.1) is 0 Å². The number of hydrogen-bond donors (Lipinski definition) is 1. The van der Waals surface area contributed by atoms with Crippen molar-refractivity contribution in [2.45, 2.75) is 13.0 Å². The van der Waals surface area contributed by atoms with Crippen LogP contribution in [0.15, 0.2) is 55.8 Å². The summed E-state index contributed by atoms with van der Waals surface area (Å²) in [5, 5.41) is 4.15. The highest BCUT2D eigenvalue weighted by Gasteiger charge is 2.13. The number of halogens is 3. The van der Waals surface area contributed by atoms with Crippen molar-refractivity contribution in [3.05, 3.63) is 63.0 Å². The summed E-state index contributed by atoms with van der Waals surface area (Å²) in [6, 6.07) is 12.6. The highest BCUT2D eigenvalue weighted by Crippen LogP contribution is 2.29. The van der Waals surface area contributed by atoms with Crippen LogP contribution in [0.4, 0.5) is 10.1 Å². The molecule has 2 nitrogen and oxygen atoms in total. The average Bonchev–Trinajstić information content (AvgIpc) is 2.85. The van der Waals surface area contributed by atoms with Gasteiger partial charge in [0, 0.05) is 14.3 Å². The van der Waals surface area contributed by atoms with Crippen LogP contribution >= 0.6 is 31.9 Å². The molecule has 0 radical (unpaired) electrons. The summed E-state index contributed by atoms with van der Waals surface area (Å²) in [5.41, 5.74) is 1.27. The lowest BCUT2D eigenvalue weighted by molar-refractivity contribution is 0.524. The van der Waals surface area contributed by atoms with Crippen LogP contribution in [0.2, 0.25) is 0 Å². The smallest absolute Gasteiger partial charge is 0.147 e. The van der Waals surface area contributed by atoms with E-state index in [2.05, 4.69) is 37.2 Å². The second kappa shape index (κ2) is 5.81. The van der Waals surface area contributed by atoms with E-state index in [1.165, 1.54) is 6.07 Å². The summed E-state index contributed by atoms with van der Waals surface area (Å²) in [4.78, 5) is 0. The van der Waals surface area contributed by atoms with Gasteiger partial charge < -0.3 is 9.73 Å². The number of fused-ring (bicyclic) bond motifs is 1. The third-order valence-electron chi connectivity index (χ3n) is 3.23. The fraction of sp³-hybridized carbons (Fsp3) is 0.125. The molecule has 1 aromatic heterocycles. The molecule has 0 fully saturated rings. The molecule has 21 heavy (non-hydrogen) atoms. The van der Waals surface area contributed by atoms with Gasteiger partial charge in [0.15, 0.2) is 0 Å². The third-order valence-corrected chi connectivity index (χ3v) is 4.21. The monoisotopic (exact) mass is 411 g/mol. The summed E-state index contributed by atoms with van der Waals surface area (Å²) in [7, 11) is 0. The maximum atomic E-state index is 13.9. The van der Waals surface area contributed by atoms with E-state index in [-0.39, 0.29) is 11.9 Å². The molecular formula is C16H12Br2FNO. The van der Waals surface area contributed by atoms with E-state index < -0.39 is 0 Å². The Morgan fingerprint density at radius 3 is 2.52 bits per heavy atom. The second-order valence-electron chi connectivity index (χ2n) is 4.82. The van der Waals surface area contributed by atoms with E-state index in [0.717, 1.165) is 21.2 Å². The first-order valence-corrected chi connectivity index (χ1v) is 8.02. The predicted octanol–water partition coefficient (Wildman–Crippen LogP) is 6.27. The van der Waals surface area contributed by atoms with Gasteiger partial charge in [-0.3, -0.25) is 0 Å². The first-order valence-electron chi connectivity index (χ1n) is 6.43. The van der Waals surface area contributed by atoms with Crippen molar-refractivity contribution in [2.24, 2.45) is 0 Å². The van der Waals surface area contributed by atoms with Crippen molar-refractivity contribution in [1.29, 1.82) is 0 Å². The van der Waals surface area contributed by atoms with E-state index in [1.807, 2.05) is 31.2 Å². The third kappa shape index (κ3) is 3.14. The number of anilines is 1. The first kappa shape index (κ1) is 14.6. The number of benzene rings is 2. The maximum absolute atomic E-state index is 13.9. The molecule has 0 amide bonds. The first-order chi connectivity index (χ1) is 10.0. The molecule has 0 aliphatic heterocycles. The maximum Gasteiger partial charge on any atom is 0.147 e. The summed E-state index contributed by atoms with van der Waals surface area (Å²) in [5.74, 6) is 0.473. The van der Waals surface area contributed by atoms with E-state index in [4.69, 9.17) is 4.42 Å². The van der Waals surface area contributed by atoms with E-state index >= 15 is 0 Å². The van der Waals surface area contributed by atoms with Crippen molar-refractivity contribution in [3.63, 3.8) is 0 Å². The van der Waals surface area contributed by atoms with Gasteiger partial charge >= 0.3 is 0 Å². The van der Waals surface area contributed by atoms with Crippen LogP contribution in [-0.2, 0) is 0 Å². The van der Waals surface area contributed by atoms with Crippen LogP contribution in [0.3, 0.4) is 0 Å². The van der Waals surface area contributed by atoms with Gasteiger partial charge in [-0.05, 0) is 49.4 Å². The second-order valence-corrected chi connectivity index (χ2v) is 6.65. The van der Waals surface area contributed by atoms with Gasteiger partial charge in [-0.2, -0.15) is 0 Å². The predicted molar refractivity (Wildman–Crippen MR) is 90.1 cm³/mol. The molecule has 1 unspecified atom stereocenters. The van der Waals surface area contributed by atoms with Crippen LogP contribution < -0.4 is 5.32 Å². The Hall–Kier alpha value is -1.33. The Kier molecular flexibility index (Phi) is 4.04. The Bertz CT molecular complexity index is 800. The van der Waals surface area contributed by atoms with Crippen molar-refractivity contribution in [1.82, 2.24) is 0 Å². The lowest BCUT2D eigenvalue weighted by Gasteiger charge is -2.13. The molecule has 1 atom stereocenters. The SMILES string of the molecule is CC(Nc1ccc(Br)cc1F)c1cc2cc(Br)ccc2o1. The topological polar surface area (TPSA) is 25.2 Å². The largest absolute Gasteiger partial charge is 0.459 e. The zero-order valence-electron chi connectivity index (χ0n) is 11.2. The molecule has 2 aromatic carbocycles. The number of nitrogens with one attached hydrogen (secondary N) is 1. The van der Waals surface area contributed by atoms with E-state index in [9.17, 15) is 4.39 Å². The number of hydrogen-bond acceptors (Lipinski definition) is 2. The summed E-state index contributed by atoms with van der Waals surface area (Å²) in [6.45, 7) is 1.94. The molecule has 108 valence electrons. The molecule has 0 saturated heterocycles. The Balaban J connectivity index is 1.87. The minimum absolute atomic E-state index is 0.133. The van der Waals surface area contributed by atoms with Crippen LogP contribution in [0, 0.1) is 5.82 Å². The Morgan fingerprint density at radius 1 is 1.05 bits per heavy atom. The van der Waals surface area contributed by atoms with Gasteiger partial charge in [0.1, 0.15) is 17.2 Å². The fourth-order valence-electron chi connectivity index (χ4n) is 2.16. The van der Waals surface area contributed by atoms with Gasteiger partial charge in [0.25, 0.3) is 0 Å². The van der Waals surface area contributed by atoms with Crippen LogP contribution in [0.25, 0.3) is 11.0 Å². The molecule has 0 aliphatic rings. The molecule has 3 rings (SSSR count). The highest BCUT2D eigenvalue weighted by molar-refractivity contribution is 9.10. The van der Waals surface area contributed by atoms with Crippen LogP contribution in [0.5, 0.6) is 0 Å². The van der Waals surface area contributed by atoms with Crippen molar-refractivity contribution >= 4 is 48.5 Å². The van der Waals surface area contributed by atoms with Gasteiger partial charge in [-0.25, -0.2) is 4.39 Å². The molecule has 5 heteroatoms. The molecule has 1 heterocycles. The summed E-state index contributed by atoms with van der Waals surface area (Å²) >= 11 is 6.68. The number of furan rings is 1. The van der Waals surface area contributed by atoms with Crippen molar-refractivity contribution in [3.8, 4) is 0 Å². The van der Waals surface area contributed by atoms with Crippen LogP contribution in [0.1, 0.15) is 18.7 Å². The summed E-state index contributed by atoms with van der Waals surface area (Å²) < 4.78 is 21.4. The van der Waals surface area contributed by atoms with Gasteiger partial charge in [0.2, 0.25) is 0 Å². The Morgan fingerprint density at radius 2 is 1.76 bits per heavy atom. The molecule has 0 aliphatic carbocycles. The normalized spacial score (nSPS) is 12.6. The van der Waals surface area contributed by atoms with Crippen LogP contribution in [-0.4, -0.2) is 0 Å². The fourth-order valence-corrected chi connectivity index (χ4v) is 2.87. The van der Waals surface area contributed by atoms with Crippen molar-refractivity contribution in [2.75, 3.05) is 5.32 Å². The summed E-state index contributed by atoms with van der Waals surface area (Å²) in [6.07, 6.45) is 0. The molecule has 0 saturated carbocycles. The number of rotatable bonds is 3. The molecular weight excluding hydrogens is 401 g/mol. The quantitative estimate of drug-likeness (QED) is 0.548. The Labute approximate surface area is 138 Å². The minimum atomic E-state index is -0.296. The van der Waals surface area contributed by atoms with E-state index in [0.29, 0.717) is 10.2 Å².